The molecule has 0 saturated heterocycles. The maximum Gasteiger partial charge on any atom is 0.194 e. The van der Waals surface area contributed by atoms with Crippen molar-refractivity contribution in [3.8, 4) is 0 Å². The summed E-state index contributed by atoms with van der Waals surface area (Å²) in [5.74, 6) is 0. The summed E-state index contributed by atoms with van der Waals surface area (Å²) in [6, 6.07) is 0. The third-order valence-electron chi connectivity index (χ3n) is 3.00. The first-order chi connectivity index (χ1) is 11.4. The second kappa shape index (κ2) is 15.9. The molecule has 0 aliphatic carbocycles. The molecule has 1 rings (SSSR count). The van der Waals surface area contributed by atoms with E-state index >= 15 is 0 Å². The summed E-state index contributed by atoms with van der Waals surface area (Å²) in [5.41, 5.74) is 1.15. The van der Waals surface area contributed by atoms with Crippen LogP contribution in [-0.4, -0.2) is 72.6 Å². The number of nitrogens with one attached hydrogen (secondary N) is 1. The quantitative estimate of drug-likeness (QED) is 0.341. The van der Waals surface area contributed by atoms with Crippen molar-refractivity contribution < 1.29 is 23.7 Å². The van der Waals surface area contributed by atoms with Crippen molar-refractivity contribution in [1.82, 2.24) is 5.32 Å². The Bertz CT molecular complexity index is 320. The first-order valence-corrected chi connectivity index (χ1v) is 8.33. The average Bonchev–Trinajstić information content (AvgIpc) is 2.59. The molecule has 0 spiro atoms. The Labute approximate surface area is 139 Å². The molecule has 0 atom stereocenters. The zero-order valence-corrected chi connectivity index (χ0v) is 14.2. The van der Waals surface area contributed by atoms with Gasteiger partial charge >= 0.3 is 0 Å². The lowest BCUT2D eigenvalue weighted by molar-refractivity contribution is -0.00996. The molecular weight excluding hydrogens is 298 g/mol. The van der Waals surface area contributed by atoms with Crippen molar-refractivity contribution in [2.24, 2.45) is 0 Å². The van der Waals surface area contributed by atoms with Crippen molar-refractivity contribution in [3.05, 3.63) is 23.9 Å². The van der Waals surface area contributed by atoms with Crippen molar-refractivity contribution in [2.75, 3.05) is 72.6 Å². The molecule has 1 aliphatic heterocycles. The van der Waals surface area contributed by atoms with Crippen LogP contribution in [0, 0.1) is 6.20 Å². The second-order valence-corrected chi connectivity index (χ2v) is 4.83. The van der Waals surface area contributed by atoms with Crippen molar-refractivity contribution >= 4 is 0 Å². The third-order valence-corrected chi connectivity index (χ3v) is 3.00. The first kappa shape index (κ1) is 20.0. The summed E-state index contributed by atoms with van der Waals surface area (Å²) in [4.78, 5) is 0. The van der Waals surface area contributed by atoms with Gasteiger partial charge in [0.2, 0.25) is 0 Å². The van der Waals surface area contributed by atoms with Crippen LogP contribution >= 0.6 is 0 Å². The van der Waals surface area contributed by atoms with E-state index in [4.69, 9.17) is 23.7 Å². The van der Waals surface area contributed by atoms with Gasteiger partial charge in [-0.2, -0.15) is 0 Å². The van der Waals surface area contributed by atoms with Gasteiger partial charge in [-0.05, 0) is 6.92 Å². The lowest BCUT2D eigenvalue weighted by atomic mass is 10.1. The number of rotatable bonds is 16. The number of allylic oxidation sites excluding steroid dienone is 1. The topological polar surface area (TPSA) is 58.2 Å². The molecule has 1 aliphatic rings. The maximum atomic E-state index is 5.51. The minimum atomic E-state index is 0.577. The van der Waals surface area contributed by atoms with E-state index < -0.39 is 0 Å². The van der Waals surface area contributed by atoms with Gasteiger partial charge in [0.15, 0.2) is 11.8 Å². The Morgan fingerprint density at radius 2 is 1.35 bits per heavy atom. The normalized spacial score (nSPS) is 13.5. The van der Waals surface area contributed by atoms with E-state index in [1.807, 2.05) is 6.92 Å². The van der Waals surface area contributed by atoms with Gasteiger partial charge < -0.3 is 23.7 Å². The van der Waals surface area contributed by atoms with Crippen LogP contribution in [0.2, 0.25) is 0 Å². The number of hydrogen-bond acceptors (Lipinski definition) is 6. The Hall–Kier alpha value is -1.01. The molecule has 0 aromatic rings. The predicted octanol–water partition coefficient (Wildman–Crippen LogP) is 1.33. The molecule has 0 aromatic carbocycles. The van der Waals surface area contributed by atoms with Crippen LogP contribution in [0.15, 0.2) is 17.7 Å². The fraction of sp³-hybridized carbons (Fsp3) is 0.765. The molecule has 1 N–H and O–H groups in total. The minimum Gasteiger partial charge on any atom is -0.379 e. The van der Waals surface area contributed by atoms with Crippen LogP contribution < -0.4 is 5.32 Å². The van der Waals surface area contributed by atoms with E-state index in [2.05, 4.69) is 23.7 Å². The number of dihydropyridines is 1. The molecular formula is C17H30NO5+. The Morgan fingerprint density at radius 3 is 1.83 bits per heavy atom. The molecule has 0 aromatic heterocycles. The first-order valence-electron chi connectivity index (χ1n) is 8.33. The SMILES string of the molecule is CCOCCOCCOCCOCCOCCC1=[C+]NCC=C1. The highest BCUT2D eigenvalue weighted by Crippen LogP contribution is 2.04. The van der Waals surface area contributed by atoms with Crippen molar-refractivity contribution in [3.63, 3.8) is 0 Å². The molecule has 0 unspecified atom stereocenters. The molecule has 0 bridgehead atoms. The fourth-order valence-electron chi connectivity index (χ4n) is 1.82. The Morgan fingerprint density at radius 1 is 0.826 bits per heavy atom. The lowest BCUT2D eigenvalue weighted by Gasteiger charge is -2.07. The smallest absolute Gasteiger partial charge is 0.194 e. The van der Waals surface area contributed by atoms with Gasteiger partial charge in [-0.25, -0.2) is 0 Å². The zero-order chi connectivity index (χ0) is 16.4. The highest BCUT2D eigenvalue weighted by molar-refractivity contribution is 5.18. The van der Waals surface area contributed by atoms with E-state index in [1.165, 1.54) is 0 Å². The van der Waals surface area contributed by atoms with Crippen LogP contribution in [0.3, 0.4) is 0 Å². The summed E-state index contributed by atoms with van der Waals surface area (Å²) in [7, 11) is 0. The fourth-order valence-corrected chi connectivity index (χ4v) is 1.82. The van der Waals surface area contributed by atoms with Gasteiger partial charge in [0.25, 0.3) is 0 Å². The zero-order valence-electron chi connectivity index (χ0n) is 14.2. The summed E-state index contributed by atoms with van der Waals surface area (Å²) in [6.07, 6.45) is 8.13. The molecule has 0 fully saturated rings. The van der Waals surface area contributed by atoms with E-state index in [0.29, 0.717) is 59.5 Å². The van der Waals surface area contributed by atoms with Crippen molar-refractivity contribution in [2.45, 2.75) is 13.3 Å². The predicted molar refractivity (Wildman–Crippen MR) is 88.3 cm³/mol. The standard InChI is InChI=1S/C17H30NO5/c1-2-19-8-9-21-12-13-23-15-14-22-11-10-20-7-5-17-4-3-6-18-16-17/h3-4,18H,2,5-15H2,1H3/q+1. The van der Waals surface area contributed by atoms with Gasteiger partial charge in [0.05, 0.1) is 72.1 Å². The number of ether oxygens (including phenoxy) is 5. The maximum absolute atomic E-state index is 5.51. The van der Waals surface area contributed by atoms with Crippen molar-refractivity contribution in [1.29, 1.82) is 0 Å². The Kier molecular flexibility index (Phi) is 13.8. The van der Waals surface area contributed by atoms with Gasteiger partial charge in [0, 0.05) is 19.1 Å². The van der Waals surface area contributed by atoms with E-state index in [9.17, 15) is 0 Å². The molecule has 23 heavy (non-hydrogen) atoms. The molecule has 0 radical (unpaired) electrons. The lowest BCUT2D eigenvalue weighted by Crippen LogP contribution is -2.14. The highest BCUT2D eigenvalue weighted by Gasteiger charge is 2.07. The van der Waals surface area contributed by atoms with Crippen LogP contribution in [0.25, 0.3) is 0 Å². The monoisotopic (exact) mass is 328 g/mol. The van der Waals surface area contributed by atoms with Crippen LogP contribution in [0.4, 0.5) is 0 Å². The molecule has 1 heterocycles. The largest absolute Gasteiger partial charge is 0.379 e. The molecule has 0 saturated carbocycles. The van der Waals surface area contributed by atoms with Gasteiger partial charge in [-0.15, -0.1) is 0 Å². The van der Waals surface area contributed by atoms with Gasteiger partial charge in [-0.1, -0.05) is 0 Å². The molecule has 6 heteroatoms. The molecule has 132 valence electrons. The van der Waals surface area contributed by atoms with Crippen LogP contribution in [-0.2, 0) is 23.7 Å². The summed E-state index contributed by atoms with van der Waals surface area (Å²) >= 11 is 0. The third kappa shape index (κ3) is 13.2. The van der Waals surface area contributed by atoms with Crippen LogP contribution in [0.1, 0.15) is 13.3 Å². The number of hydrogen-bond donors (Lipinski definition) is 1. The highest BCUT2D eigenvalue weighted by atomic mass is 16.6. The van der Waals surface area contributed by atoms with E-state index in [0.717, 1.165) is 25.1 Å². The summed E-state index contributed by atoms with van der Waals surface area (Å²) < 4.78 is 26.8. The van der Waals surface area contributed by atoms with E-state index in [1.54, 1.807) is 0 Å². The molecule has 6 nitrogen and oxygen atoms in total. The average molecular weight is 328 g/mol. The molecule has 0 amide bonds. The minimum absolute atomic E-state index is 0.577. The van der Waals surface area contributed by atoms with E-state index in [-0.39, 0.29) is 0 Å². The van der Waals surface area contributed by atoms with Gasteiger partial charge in [0.1, 0.15) is 0 Å². The summed E-state index contributed by atoms with van der Waals surface area (Å²) in [6.45, 7) is 9.02. The van der Waals surface area contributed by atoms with Crippen LogP contribution in [0.5, 0.6) is 0 Å². The van der Waals surface area contributed by atoms with Gasteiger partial charge in [-0.3, -0.25) is 5.32 Å². The summed E-state index contributed by atoms with van der Waals surface area (Å²) in [5, 5.41) is 3.05. The Balaban J connectivity index is 1.70. The second-order valence-electron chi connectivity index (χ2n) is 4.83.